The second-order valence-electron chi connectivity index (χ2n) is 4.17. The first kappa shape index (κ1) is 10.7. The Balaban J connectivity index is 2.30. The van der Waals surface area contributed by atoms with E-state index in [0.29, 0.717) is 24.6 Å². The highest BCUT2D eigenvalue weighted by atomic mass is 16.4. The van der Waals surface area contributed by atoms with E-state index >= 15 is 0 Å². The van der Waals surface area contributed by atoms with Gasteiger partial charge in [0.1, 0.15) is 0 Å². The molecule has 4 heteroatoms. The van der Waals surface area contributed by atoms with Crippen LogP contribution in [0.5, 0.6) is 0 Å². The molecule has 1 fully saturated rings. The van der Waals surface area contributed by atoms with Crippen LogP contribution < -0.4 is 4.90 Å². The van der Waals surface area contributed by atoms with Gasteiger partial charge in [0.25, 0.3) is 0 Å². The van der Waals surface area contributed by atoms with Gasteiger partial charge in [0, 0.05) is 18.7 Å². The lowest BCUT2D eigenvalue weighted by Gasteiger charge is -2.16. The monoisotopic (exact) mass is 219 g/mol. The van der Waals surface area contributed by atoms with E-state index in [2.05, 4.69) is 0 Å². The lowest BCUT2D eigenvalue weighted by molar-refractivity contribution is -0.117. The van der Waals surface area contributed by atoms with Crippen molar-refractivity contribution in [3.63, 3.8) is 0 Å². The molecule has 0 spiro atoms. The van der Waals surface area contributed by atoms with E-state index in [4.69, 9.17) is 5.11 Å². The predicted octanol–water partition coefficient (Wildman–Crippen LogP) is 1.76. The Labute approximate surface area is 93.5 Å². The van der Waals surface area contributed by atoms with Crippen LogP contribution in [0.4, 0.5) is 5.69 Å². The third kappa shape index (κ3) is 1.91. The molecule has 4 nitrogen and oxygen atoms in total. The summed E-state index contributed by atoms with van der Waals surface area (Å²) in [5.41, 5.74) is 0.888. The van der Waals surface area contributed by atoms with Gasteiger partial charge in [-0.25, -0.2) is 4.79 Å². The number of nitrogens with zero attached hydrogens (tertiary/aromatic N) is 1. The zero-order chi connectivity index (χ0) is 11.7. The van der Waals surface area contributed by atoms with E-state index in [1.807, 2.05) is 6.92 Å². The molecule has 84 valence electrons. The highest BCUT2D eigenvalue weighted by Gasteiger charge is 2.27. The third-order valence-corrected chi connectivity index (χ3v) is 2.72. The van der Waals surface area contributed by atoms with Gasteiger partial charge >= 0.3 is 5.97 Å². The topological polar surface area (TPSA) is 57.6 Å². The molecule has 1 aliphatic heterocycles. The van der Waals surface area contributed by atoms with Crippen LogP contribution in [0.3, 0.4) is 0 Å². The zero-order valence-corrected chi connectivity index (χ0v) is 9.01. The van der Waals surface area contributed by atoms with Crippen LogP contribution in [0.25, 0.3) is 0 Å². The standard InChI is InChI=1S/C12H13NO3/c1-8-5-11(14)13(7-8)10-4-2-3-9(6-10)12(15)16/h2-4,6,8H,5,7H2,1H3,(H,15,16). The van der Waals surface area contributed by atoms with Crippen LogP contribution in [0.2, 0.25) is 0 Å². The molecular formula is C12H13NO3. The number of carboxylic acid groups (broad SMARTS) is 1. The van der Waals surface area contributed by atoms with Crippen molar-refractivity contribution in [3.8, 4) is 0 Å². The Hall–Kier alpha value is -1.84. The highest BCUT2D eigenvalue weighted by Crippen LogP contribution is 2.25. The summed E-state index contributed by atoms with van der Waals surface area (Å²) in [6.45, 7) is 2.68. The number of carbonyl (C=O) groups is 2. The molecule has 1 unspecified atom stereocenters. The quantitative estimate of drug-likeness (QED) is 0.824. The first-order valence-electron chi connectivity index (χ1n) is 5.21. The normalized spacial score (nSPS) is 20.2. The second kappa shape index (κ2) is 3.96. The molecule has 1 atom stereocenters. The molecule has 1 aromatic rings. The maximum atomic E-state index is 11.6. The first-order chi connectivity index (χ1) is 7.58. The molecular weight excluding hydrogens is 206 g/mol. The van der Waals surface area contributed by atoms with Gasteiger partial charge in [0.15, 0.2) is 0 Å². The van der Waals surface area contributed by atoms with E-state index in [1.54, 1.807) is 17.0 Å². The number of aromatic carboxylic acids is 1. The Morgan fingerprint density at radius 1 is 1.50 bits per heavy atom. The maximum Gasteiger partial charge on any atom is 0.335 e. The van der Waals surface area contributed by atoms with Crippen molar-refractivity contribution < 1.29 is 14.7 Å². The van der Waals surface area contributed by atoms with Gasteiger partial charge in [-0.05, 0) is 24.1 Å². The number of benzene rings is 1. The summed E-state index contributed by atoms with van der Waals surface area (Å²) in [4.78, 5) is 24.1. The number of amides is 1. The summed E-state index contributed by atoms with van der Waals surface area (Å²) in [6, 6.07) is 6.49. The molecule has 1 N–H and O–H groups in total. The number of carbonyl (C=O) groups excluding carboxylic acids is 1. The maximum absolute atomic E-state index is 11.6. The average molecular weight is 219 g/mol. The van der Waals surface area contributed by atoms with Crippen LogP contribution in [0.15, 0.2) is 24.3 Å². The summed E-state index contributed by atoms with van der Waals surface area (Å²) in [7, 11) is 0. The van der Waals surface area contributed by atoms with Crippen LogP contribution in [-0.4, -0.2) is 23.5 Å². The molecule has 0 saturated carbocycles. The smallest absolute Gasteiger partial charge is 0.335 e. The van der Waals surface area contributed by atoms with Crippen molar-refractivity contribution in [1.82, 2.24) is 0 Å². The minimum Gasteiger partial charge on any atom is -0.478 e. The fourth-order valence-corrected chi connectivity index (χ4v) is 1.94. The van der Waals surface area contributed by atoms with Crippen LogP contribution >= 0.6 is 0 Å². The minimum atomic E-state index is -0.971. The van der Waals surface area contributed by atoms with E-state index in [1.165, 1.54) is 12.1 Å². The Bertz CT molecular complexity index is 442. The van der Waals surface area contributed by atoms with E-state index < -0.39 is 5.97 Å². The van der Waals surface area contributed by atoms with Crippen molar-refractivity contribution in [2.45, 2.75) is 13.3 Å². The van der Waals surface area contributed by atoms with Crippen LogP contribution in [0, 0.1) is 5.92 Å². The van der Waals surface area contributed by atoms with Crippen LogP contribution in [-0.2, 0) is 4.79 Å². The molecule has 1 aliphatic rings. The van der Waals surface area contributed by atoms with Gasteiger partial charge in [-0.2, -0.15) is 0 Å². The summed E-state index contributed by atoms with van der Waals surface area (Å²) in [5.74, 6) is -0.572. The zero-order valence-electron chi connectivity index (χ0n) is 9.01. The lowest BCUT2D eigenvalue weighted by atomic mass is 10.1. The van der Waals surface area contributed by atoms with Gasteiger partial charge in [-0.15, -0.1) is 0 Å². The number of anilines is 1. The average Bonchev–Trinajstić information content (AvgIpc) is 2.58. The fourth-order valence-electron chi connectivity index (χ4n) is 1.94. The molecule has 16 heavy (non-hydrogen) atoms. The van der Waals surface area contributed by atoms with Gasteiger partial charge in [-0.1, -0.05) is 13.0 Å². The van der Waals surface area contributed by atoms with Crippen molar-refractivity contribution in [2.75, 3.05) is 11.4 Å². The molecule has 1 amide bonds. The number of rotatable bonds is 2. The summed E-state index contributed by atoms with van der Waals surface area (Å²) < 4.78 is 0. The molecule has 0 aliphatic carbocycles. The SMILES string of the molecule is CC1CC(=O)N(c2cccc(C(=O)O)c2)C1. The molecule has 1 saturated heterocycles. The van der Waals surface area contributed by atoms with Crippen molar-refractivity contribution in [3.05, 3.63) is 29.8 Å². The largest absolute Gasteiger partial charge is 0.478 e. The highest BCUT2D eigenvalue weighted by molar-refractivity contribution is 5.97. The Morgan fingerprint density at radius 2 is 2.25 bits per heavy atom. The number of hydrogen-bond donors (Lipinski definition) is 1. The summed E-state index contributed by atoms with van der Waals surface area (Å²) >= 11 is 0. The van der Waals surface area contributed by atoms with Crippen molar-refractivity contribution >= 4 is 17.6 Å². The number of hydrogen-bond acceptors (Lipinski definition) is 2. The van der Waals surface area contributed by atoms with E-state index in [9.17, 15) is 9.59 Å². The predicted molar refractivity (Wildman–Crippen MR) is 59.5 cm³/mol. The van der Waals surface area contributed by atoms with Gasteiger partial charge in [0.05, 0.1) is 5.56 Å². The minimum absolute atomic E-state index is 0.0649. The summed E-state index contributed by atoms with van der Waals surface area (Å²) in [5, 5.41) is 8.87. The molecule has 1 heterocycles. The van der Waals surface area contributed by atoms with Crippen LogP contribution in [0.1, 0.15) is 23.7 Å². The van der Waals surface area contributed by atoms with Gasteiger partial charge in [-0.3, -0.25) is 4.79 Å². The molecule has 0 radical (unpaired) electrons. The third-order valence-electron chi connectivity index (χ3n) is 2.72. The van der Waals surface area contributed by atoms with Gasteiger partial charge < -0.3 is 10.0 Å². The Kier molecular flexibility index (Phi) is 2.64. The van der Waals surface area contributed by atoms with Crippen molar-refractivity contribution in [2.24, 2.45) is 5.92 Å². The molecule has 0 bridgehead atoms. The second-order valence-corrected chi connectivity index (χ2v) is 4.17. The molecule has 0 aromatic heterocycles. The first-order valence-corrected chi connectivity index (χ1v) is 5.21. The van der Waals surface area contributed by atoms with E-state index in [-0.39, 0.29) is 11.5 Å². The lowest BCUT2D eigenvalue weighted by Crippen LogP contribution is -2.24. The Morgan fingerprint density at radius 3 is 2.81 bits per heavy atom. The fraction of sp³-hybridized carbons (Fsp3) is 0.333. The molecule has 1 aromatic carbocycles. The van der Waals surface area contributed by atoms with Crippen molar-refractivity contribution in [1.29, 1.82) is 0 Å². The molecule has 2 rings (SSSR count). The number of carboxylic acids is 1. The van der Waals surface area contributed by atoms with E-state index in [0.717, 1.165) is 0 Å². The van der Waals surface area contributed by atoms with Gasteiger partial charge in [0.2, 0.25) is 5.91 Å². The summed E-state index contributed by atoms with van der Waals surface area (Å²) in [6.07, 6.45) is 0.539.